The van der Waals surface area contributed by atoms with Crippen LogP contribution in [0.1, 0.15) is 19.3 Å². The molecule has 0 spiro atoms. The minimum Gasteiger partial charge on any atom is -0.489 e. The van der Waals surface area contributed by atoms with Gasteiger partial charge in [-0.2, -0.15) is 5.26 Å². The normalized spacial score (nSPS) is 9.81. The molecule has 0 atom stereocenters. The van der Waals surface area contributed by atoms with Crippen LogP contribution in [0.25, 0.3) is 0 Å². The van der Waals surface area contributed by atoms with E-state index in [1.165, 1.54) is 18.0 Å². The average molecular weight is 242 g/mol. The molecule has 1 aromatic heterocycles. The summed E-state index contributed by atoms with van der Waals surface area (Å²) in [7, 11) is 1.38. The number of halogens is 1. The van der Waals surface area contributed by atoms with Crippen LogP contribution in [0.3, 0.4) is 0 Å². The Morgan fingerprint density at radius 1 is 1.62 bits per heavy atom. The molecule has 0 aliphatic heterocycles. The van der Waals surface area contributed by atoms with Gasteiger partial charge in [-0.3, -0.25) is 9.36 Å². The first kappa shape index (κ1) is 12.5. The summed E-state index contributed by atoms with van der Waals surface area (Å²) in [6.07, 6.45) is 3.39. The summed E-state index contributed by atoms with van der Waals surface area (Å²) in [4.78, 5) is 15.6. The van der Waals surface area contributed by atoms with Gasteiger partial charge in [-0.05, 0) is 12.8 Å². The summed E-state index contributed by atoms with van der Waals surface area (Å²) in [5.74, 6) is 0.0597. The molecule has 0 aliphatic rings. The minimum absolute atomic E-state index is 0.0597. The van der Waals surface area contributed by atoms with E-state index < -0.39 is 0 Å². The molecule has 16 heavy (non-hydrogen) atoms. The lowest BCUT2D eigenvalue weighted by molar-refractivity contribution is 0.398. The van der Waals surface area contributed by atoms with Crippen molar-refractivity contribution < 1.29 is 4.74 Å². The van der Waals surface area contributed by atoms with Crippen LogP contribution in [0.4, 0.5) is 0 Å². The molecule has 1 rings (SSSR count). The summed E-state index contributed by atoms with van der Waals surface area (Å²) in [6.45, 7) is 0.515. The van der Waals surface area contributed by atoms with Crippen molar-refractivity contribution in [3.05, 3.63) is 21.8 Å². The van der Waals surface area contributed by atoms with Crippen molar-refractivity contribution in [3.8, 4) is 11.8 Å². The molecule has 0 bridgehead atoms. The smallest absolute Gasteiger partial charge is 0.297 e. The number of aryl methyl sites for hydroxylation is 1. The lowest BCUT2D eigenvalue weighted by atomic mass is 10.2. The van der Waals surface area contributed by atoms with Crippen molar-refractivity contribution in [3.63, 3.8) is 0 Å². The van der Waals surface area contributed by atoms with E-state index in [9.17, 15) is 4.79 Å². The van der Waals surface area contributed by atoms with Gasteiger partial charge in [0.2, 0.25) is 5.75 Å². The third-order valence-corrected chi connectivity index (χ3v) is 2.36. The van der Waals surface area contributed by atoms with E-state index in [1.807, 2.05) is 0 Å². The fourth-order valence-electron chi connectivity index (χ4n) is 1.27. The van der Waals surface area contributed by atoms with E-state index >= 15 is 0 Å². The van der Waals surface area contributed by atoms with Crippen LogP contribution in [-0.4, -0.2) is 16.7 Å². The summed E-state index contributed by atoms with van der Waals surface area (Å²) in [5.41, 5.74) is -0.292. The van der Waals surface area contributed by atoms with Crippen molar-refractivity contribution in [2.75, 3.05) is 7.11 Å². The number of hydrogen-bond acceptors (Lipinski definition) is 4. The molecule has 1 heterocycles. The van der Waals surface area contributed by atoms with Gasteiger partial charge in [0.25, 0.3) is 5.56 Å². The molecule has 0 fully saturated rings. The molecule has 0 amide bonds. The van der Waals surface area contributed by atoms with Crippen LogP contribution in [0.5, 0.6) is 5.75 Å². The highest BCUT2D eigenvalue weighted by Gasteiger charge is 2.09. The number of nitrogens with zero attached hydrogens (tertiary/aromatic N) is 3. The van der Waals surface area contributed by atoms with Crippen LogP contribution in [-0.2, 0) is 6.54 Å². The van der Waals surface area contributed by atoms with Crippen LogP contribution >= 0.6 is 11.6 Å². The van der Waals surface area contributed by atoms with E-state index in [0.717, 1.165) is 12.8 Å². The van der Waals surface area contributed by atoms with Gasteiger partial charge in [0.1, 0.15) is 0 Å². The van der Waals surface area contributed by atoms with Gasteiger partial charge < -0.3 is 4.74 Å². The maximum absolute atomic E-state index is 11.7. The van der Waals surface area contributed by atoms with E-state index in [4.69, 9.17) is 21.6 Å². The van der Waals surface area contributed by atoms with Gasteiger partial charge in [0.05, 0.1) is 19.5 Å². The molecule has 86 valence electrons. The van der Waals surface area contributed by atoms with Gasteiger partial charge in [-0.15, -0.1) is 0 Å². The summed E-state index contributed by atoms with van der Waals surface area (Å²) >= 11 is 5.69. The summed E-state index contributed by atoms with van der Waals surface area (Å²) in [5, 5.41) is 8.44. The Morgan fingerprint density at radius 3 is 3.00 bits per heavy atom. The zero-order chi connectivity index (χ0) is 12.0. The Bertz CT molecular complexity index is 450. The molecule has 6 heteroatoms. The average Bonchev–Trinajstić information content (AvgIpc) is 2.28. The molecule has 0 N–H and O–H groups in total. The third-order valence-electron chi connectivity index (χ3n) is 2.09. The summed E-state index contributed by atoms with van der Waals surface area (Å²) in [6, 6.07) is 2.05. The second kappa shape index (κ2) is 6.13. The maximum atomic E-state index is 11.7. The minimum atomic E-state index is -0.292. The molecule has 0 unspecified atom stereocenters. The zero-order valence-corrected chi connectivity index (χ0v) is 9.70. The second-order valence-corrected chi connectivity index (χ2v) is 3.54. The van der Waals surface area contributed by atoms with E-state index in [2.05, 4.69) is 11.1 Å². The van der Waals surface area contributed by atoms with Crippen LogP contribution in [0.15, 0.2) is 11.1 Å². The number of nitriles is 1. The quantitative estimate of drug-likeness (QED) is 0.580. The van der Waals surface area contributed by atoms with E-state index in [-0.39, 0.29) is 16.5 Å². The number of methoxy groups -OCH3 is 1. The zero-order valence-electron chi connectivity index (χ0n) is 8.94. The van der Waals surface area contributed by atoms with Crippen LogP contribution in [0.2, 0.25) is 5.15 Å². The first-order valence-electron chi connectivity index (χ1n) is 4.86. The number of ether oxygens (including phenoxy) is 1. The predicted molar refractivity (Wildman–Crippen MR) is 59.5 cm³/mol. The fourth-order valence-corrected chi connectivity index (χ4v) is 1.47. The SMILES string of the molecule is COc1c(Cl)ncn(CCCCC#N)c1=O. The van der Waals surface area contributed by atoms with Crippen molar-refractivity contribution in [2.24, 2.45) is 0 Å². The number of rotatable bonds is 5. The van der Waals surface area contributed by atoms with Crippen LogP contribution < -0.4 is 10.3 Å². The second-order valence-electron chi connectivity index (χ2n) is 3.18. The van der Waals surface area contributed by atoms with Gasteiger partial charge >= 0.3 is 0 Å². The first-order chi connectivity index (χ1) is 7.70. The van der Waals surface area contributed by atoms with Gasteiger partial charge in [-0.1, -0.05) is 11.6 Å². The Labute approximate surface area is 98.2 Å². The lowest BCUT2D eigenvalue weighted by Crippen LogP contribution is -2.22. The molecular formula is C10H12ClN3O2. The molecule has 1 aromatic rings. The Hall–Kier alpha value is -1.54. The molecule has 0 radical (unpaired) electrons. The van der Waals surface area contributed by atoms with Crippen molar-refractivity contribution in [1.29, 1.82) is 5.26 Å². The van der Waals surface area contributed by atoms with Gasteiger partial charge in [0.15, 0.2) is 5.15 Å². The Morgan fingerprint density at radius 2 is 2.38 bits per heavy atom. The summed E-state index contributed by atoms with van der Waals surface area (Å²) < 4.78 is 6.30. The van der Waals surface area contributed by atoms with Crippen molar-refractivity contribution in [1.82, 2.24) is 9.55 Å². The predicted octanol–water partition coefficient (Wildman–Crippen LogP) is 1.60. The molecular weight excluding hydrogens is 230 g/mol. The Balaban J connectivity index is 2.75. The van der Waals surface area contributed by atoms with E-state index in [1.54, 1.807) is 0 Å². The molecule has 0 aromatic carbocycles. The van der Waals surface area contributed by atoms with Gasteiger partial charge in [0, 0.05) is 13.0 Å². The number of aromatic nitrogens is 2. The van der Waals surface area contributed by atoms with Gasteiger partial charge in [-0.25, -0.2) is 4.98 Å². The fraction of sp³-hybridized carbons (Fsp3) is 0.500. The highest BCUT2D eigenvalue weighted by atomic mass is 35.5. The monoisotopic (exact) mass is 241 g/mol. The van der Waals surface area contributed by atoms with Crippen molar-refractivity contribution in [2.45, 2.75) is 25.8 Å². The topological polar surface area (TPSA) is 67.9 Å². The first-order valence-corrected chi connectivity index (χ1v) is 5.24. The highest BCUT2D eigenvalue weighted by molar-refractivity contribution is 6.30. The number of unbranched alkanes of at least 4 members (excludes halogenated alkanes) is 2. The molecule has 0 aliphatic carbocycles. The largest absolute Gasteiger partial charge is 0.489 e. The van der Waals surface area contributed by atoms with E-state index in [0.29, 0.717) is 13.0 Å². The lowest BCUT2D eigenvalue weighted by Gasteiger charge is -2.07. The van der Waals surface area contributed by atoms with Crippen LogP contribution in [0, 0.1) is 11.3 Å². The highest BCUT2D eigenvalue weighted by Crippen LogP contribution is 2.14. The Kier molecular flexibility index (Phi) is 4.80. The molecule has 0 saturated carbocycles. The van der Waals surface area contributed by atoms with Crippen molar-refractivity contribution >= 4 is 11.6 Å². The third kappa shape index (κ3) is 2.97. The molecule has 0 saturated heterocycles. The maximum Gasteiger partial charge on any atom is 0.297 e. The standard InChI is InChI=1S/C10H12ClN3O2/c1-16-8-9(11)13-7-14(10(8)15)6-4-2-3-5-12/h7H,2-4,6H2,1H3. The number of hydrogen-bond donors (Lipinski definition) is 0. The molecule has 5 nitrogen and oxygen atoms in total.